The molecule has 1 aromatic heterocycles. The van der Waals surface area contributed by atoms with Crippen molar-refractivity contribution in [2.45, 2.75) is 19.7 Å². The lowest BCUT2D eigenvalue weighted by atomic mass is 10.3. The van der Waals surface area contributed by atoms with Crippen LogP contribution in [0.1, 0.15) is 5.56 Å². The van der Waals surface area contributed by atoms with Crippen molar-refractivity contribution < 1.29 is 8.85 Å². The van der Waals surface area contributed by atoms with Gasteiger partial charge in [0.25, 0.3) is 0 Å². The largest absolute Gasteiger partial charge is 0.391 e. The molecule has 1 heterocycles. The van der Waals surface area contributed by atoms with Gasteiger partial charge in [-0.15, -0.1) is 6.58 Å². The SMILES string of the molecule is C=CCO[Si](C)(C)OCc1cccnc1. The van der Waals surface area contributed by atoms with E-state index in [1.165, 1.54) is 0 Å². The van der Waals surface area contributed by atoms with Crippen molar-refractivity contribution in [3.8, 4) is 0 Å². The Balaban J connectivity index is 2.39. The summed E-state index contributed by atoms with van der Waals surface area (Å²) in [5.41, 5.74) is 1.07. The minimum Gasteiger partial charge on any atom is -0.391 e. The van der Waals surface area contributed by atoms with Gasteiger partial charge in [-0.05, 0) is 24.7 Å². The van der Waals surface area contributed by atoms with Crippen LogP contribution in [0.2, 0.25) is 13.1 Å². The van der Waals surface area contributed by atoms with Gasteiger partial charge in [0.1, 0.15) is 0 Å². The van der Waals surface area contributed by atoms with Crippen molar-refractivity contribution >= 4 is 8.56 Å². The number of aromatic nitrogens is 1. The second kappa shape index (κ2) is 5.80. The molecule has 4 heteroatoms. The summed E-state index contributed by atoms with van der Waals surface area (Å²) in [5, 5.41) is 0. The molecule has 1 aromatic rings. The molecule has 0 aliphatic rings. The lowest BCUT2D eigenvalue weighted by molar-refractivity contribution is 0.186. The molecule has 0 aliphatic heterocycles. The van der Waals surface area contributed by atoms with Crippen LogP contribution in [-0.2, 0) is 15.5 Å². The standard InChI is InChI=1S/C11H17NO2Si/c1-4-8-13-15(2,3)14-10-11-6-5-7-12-9-11/h4-7,9H,1,8,10H2,2-3H3. The van der Waals surface area contributed by atoms with Crippen LogP contribution in [0.3, 0.4) is 0 Å². The molecule has 0 atom stereocenters. The van der Waals surface area contributed by atoms with Crippen molar-refractivity contribution in [3.63, 3.8) is 0 Å². The van der Waals surface area contributed by atoms with Crippen LogP contribution in [0.5, 0.6) is 0 Å². The molecule has 0 saturated heterocycles. The van der Waals surface area contributed by atoms with Gasteiger partial charge < -0.3 is 8.85 Å². The summed E-state index contributed by atoms with van der Waals surface area (Å²) in [6, 6.07) is 3.89. The minimum atomic E-state index is -2.01. The Kier molecular flexibility index (Phi) is 4.68. The van der Waals surface area contributed by atoms with Gasteiger partial charge in [-0.1, -0.05) is 12.1 Å². The van der Waals surface area contributed by atoms with E-state index in [9.17, 15) is 0 Å². The smallest absolute Gasteiger partial charge is 0.332 e. The number of hydrogen-bond acceptors (Lipinski definition) is 3. The maximum absolute atomic E-state index is 5.75. The molecule has 0 spiro atoms. The minimum absolute atomic E-state index is 0.548. The predicted molar refractivity (Wildman–Crippen MR) is 62.7 cm³/mol. The molecule has 0 amide bonds. The summed E-state index contributed by atoms with van der Waals surface area (Å²) in [6.45, 7) is 8.76. The number of hydrogen-bond donors (Lipinski definition) is 0. The predicted octanol–water partition coefficient (Wildman–Crippen LogP) is 2.50. The molecule has 0 aromatic carbocycles. The van der Waals surface area contributed by atoms with E-state index in [0.29, 0.717) is 13.2 Å². The number of pyridine rings is 1. The van der Waals surface area contributed by atoms with Gasteiger partial charge in [-0.2, -0.15) is 0 Å². The Bertz CT molecular complexity index is 301. The second-order valence-corrected chi connectivity index (χ2v) is 7.03. The molecule has 15 heavy (non-hydrogen) atoms. The molecule has 0 saturated carbocycles. The van der Waals surface area contributed by atoms with Gasteiger partial charge in [-0.25, -0.2) is 0 Å². The van der Waals surface area contributed by atoms with Crippen molar-refractivity contribution in [1.29, 1.82) is 0 Å². The van der Waals surface area contributed by atoms with Gasteiger partial charge in [0, 0.05) is 12.4 Å². The van der Waals surface area contributed by atoms with E-state index in [2.05, 4.69) is 11.6 Å². The Hall–Kier alpha value is -0.973. The van der Waals surface area contributed by atoms with Gasteiger partial charge >= 0.3 is 8.56 Å². The summed E-state index contributed by atoms with van der Waals surface area (Å²) >= 11 is 0. The van der Waals surface area contributed by atoms with Gasteiger partial charge in [0.05, 0.1) is 13.2 Å². The third-order valence-corrected chi connectivity index (χ3v) is 3.56. The monoisotopic (exact) mass is 223 g/mol. The summed E-state index contributed by atoms with van der Waals surface area (Å²) in [6.07, 6.45) is 5.29. The quantitative estimate of drug-likeness (QED) is 0.548. The van der Waals surface area contributed by atoms with E-state index < -0.39 is 8.56 Å². The summed E-state index contributed by atoms with van der Waals surface area (Å²) < 4.78 is 11.3. The summed E-state index contributed by atoms with van der Waals surface area (Å²) in [7, 11) is -2.01. The molecule has 0 N–H and O–H groups in total. The van der Waals surface area contributed by atoms with Gasteiger partial charge in [0.15, 0.2) is 0 Å². The van der Waals surface area contributed by atoms with Crippen LogP contribution in [0.15, 0.2) is 37.2 Å². The molecule has 0 bridgehead atoms. The van der Waals surface area contributed by atoms with E-state index in [4.69, 9.17) is 8.85 Å². The van der Waals surface area contributed by atoms with Gasteiger partial charge in [0.2, 0.25) is 0 Å². The zero-order valence-corrected chi connectivity index (χ0v) is 10.3. The first-order valence-electron chi connectivity index (χ1n) is 4.92. The number of nitrogens with zero attached hydrogens (tertiary/aromatic N) is 1. The molecular formula is C11H17NO2Si. The fourth-order valence-corrected chi connectivity index (χ4v) is 2.16. The van der Waals surface area contributed by atoms with Gasteiger partial charge in [-0.3, -0.25) is 4.98 Å². The van der Waals surface area contributed by atoms with Crippen molar-refractivity contribution in [1.82, 2.24) is 4.98 Å². The highest BCUT2D eigenvalue weighted by atomic mass is 28.4. The Morgan fingerprint density at radius 3 is 2.87 bits per heavy atom. The molecule has 0 aliphatic carbocycles. The molecule has 0 fully saturated rings. The Morgan fingerprint density at radius 2 is 2.27 bits per heavy atom. The van der Waals surface area contributed by atoms with Crippen molar-refractivity contribution in [2.75, 3.05) is 6.61 Å². The van der Waals surface area contributed by atoms with E-state index in [1.54, 1.807) is 18.5 Å². The van der Waals surface area contributed by atoms with Crippen LogP contribution >= 0.6 is 0 Å². The Labute approximate surface area is 92.0 Å². The van der Waals surface area contributed by atoms with Crippen molar-refractivity contribution in [3.05, 3.63) is 42.7 Å². The highest BCUT2D eigenvalue weighted by Gasteiger charge is 2.23. The van der Waals surface area contributed by atoms with Crippen LogP contribution in [0, 0.1) is 0 Å². The third kappa shape index (κ3) is 4.87. The molecule has 0 unspecified atom stereocenters. The fourth-order valence-electron chi connectivity index (χ4n) is 1.04. The molecular weight excluding hydrogens is 206 g/mol. The van der Waals surface area contributed by atoms with Crippen LogP contribution in [0.25, 0.3) is 0 Å². The highest BCUT2D eigenvalue weighted by Crippen LogP contribution is 2.10. The maximum Gasteiger partial charge on any atom is 0.332 e. The fraction of sp³-hybridized carbons (Fsp3) is 0.364. The molecule has 3 nitrogen and oxygen atoms in total. The van der Waals surface area contributed by atoms with E-state index in [0.717, 1.165) is 5.56 Å². The average Bonchev–Trinajstić information content (AvgIpc) is 2.25. The van der Waals surface area contributed by atoms with E-state index >= 15 is 0 Å². The second-order valence-electron chi connectivity index (χ2n) is 3.65. The highest BCUT2D eigenvalue weighted by molar-refractivity contribution is 6.64. The number of rotatable bonds is 6. The first-order valence-corrected chi connectivity index (χ1v) is 7.73. The average molecular weight is 223 g/mol. The molecule has 82 valence electrons. The van der Waals surface area contributed by atoms with E-state index in [1.807, 2.05) is 25.2 Å². The zero-order valence-electron chi connectivity index (χ0n) is 9.27. The normalized spacial score (nSPS) is 11.3. The summed E-state index contributed by atoms with van der Waals surface area (Å²) in [4.78, 5) is 4.03. The van der Waals surface area contributed by atoms with Crippen LogP contribution in [-0.4, -0.2) is 20.2 Å². The molecule has 0 radical (unpaired) electrons. The van der Waals surface area contributed by atoms with Crippen LogP contribution < -0.4 is 0 Å². The lowest BCUT2D eigenvalue weighted by Gasteiger charge is -2.21. The first kappa shape index (κ1) is 12.1. The van der Waals surface area contributed by atoms with E-state index in [-0.39, 0.29) is 0 Å². The van der Waals surface area contributed by atoms with Crippen LogP contribution in [0.4, 0.5) is 0 Å². The van der Waals surface area contributed by atoms with Crippen molar-refractivity contribution in [2.24, 2.45) is 0 Å². The molecule has 1 rings (SSSR count). The topological polar surface area (TPSA) is 31.4 Å². The summed E-state index contributed by atoms with van der Waals surface area (Å²) in [5.74, 6) is 0. The lowest BCUT2D eigenvalue weighted by Crippen LogP contribution is -2.34. The Morgan fingerprint density at radius 1 is 1.47 bits per heavy atom. The first-order chi connectivity index (χ1) is 7.14. The zero-order chi connectivity index (χ0) is 11.1. The third-order valence-electron chi connectivity index (χ3n) is 1.86. The maximum atomic E-state index is 5.75.